The molecule has 0 bridgehead atoms. The molecule has 1 aromatic carbocycles. The predicted molar refractivity (Wildman–Crippen MR) is 106 cm³/mol. The fourth-order valence-electron chi connectivity index (χ4n) is 2.66. The molecule has 0 aliphatic heterocycles. The summed E-state index contributed by atoms with van der Waals surface area (Å²) in [6.07, 6.45) is 0.913. The minimum Gasteiger partial charge on any atom is -0.357 e. The second-order valence-electron chi connectivity index (χ2n) is 6.00. The van der Waals surface area contributed by atoms with E-state index in [0.717, 1.165) is 42.4 Å². The highest BCUT2D eigenvalue weighted by Gasteiger charge is 2.05. The van der Waals surface area contributed by atoms with Crippen molar-refractivity contribution in [2.75, 3.05) is 13.1 Å². The highest BCUT2D eigenvalue weighted by Crippen LogP contribution is 2.16. The first-order valence-electron chi connectivity index (χ1n) is 8.67. The van der Waals surface area contributed by atoms with Crippen LogP contribution < -0.4 is 10.6 Å². The molecule has 3 N–H and O–H groups in total. The molecule has 0 spiro atoms. The highest BCUT2D eigenvalue weighted by atomic mass is 32.1. The summed E-state index contributed by atoms with van der Waals surface area (Å²) in [5, 5.41) is 9.09. The van der Waals surface area contributed by atoms with Crippen LogP contribution in [0, 0.1) is 13.8 Å². The molecule has 6 heteroatoms. The molecule has 0 fully saturated rings. The standard InChI is InChI=1S/C19H25N5S/c1-4-20-19(21-10-9-18-23-13(2)14(3)25-18)22-12-16-11-15-7-5-6-8-17(15)24-16/h5-8,11,24H,4,9-10,12H2,1-3H3,(H2,20,21,22). The number of nitrogens with one attached hydrogen (secondary N) is 3. The first-order valence-corrected chi connectivity index (χ1v) is 9.49. The molecule has 0 atom stereocenters. The lowest BCUT2D eigenvalue weighted by molar-refractivity contribution is 0.793. The maximum atomic E-state index is 4.68. The molecule has 25 heavy (non-hydrogen) atoms. The fourth-order valence-corrected chi connectivity index (χ4v) is 3.59. The van der Waals surface area contributed by atoms with Gasteiger partial charge in [-0.25, -0.2) is 9.98 Å². The third kappa shape index (κ3) is 4.60. The van der Waals surface area contributed by atoms with Crippen LogP contribution >= 0.6 is 11.3 Å². The summed E-state index contributed by atoms with van der Waals surface area (Å²) in [5.41, 5.74) is 3.41. The third-order valence-electron chi connectivity index (χ3n) is 4.04. The average Bonchev–Trinajstić information content (AvgIpc) is 3.15. The van der Waals surface area contributed by atoms with Crippen molar-refractivity contribution in [1.29, 1.82) is 0 Å². The smallest absolute Gasteiger partial charge is 0.191 e. The molecule has 3 aromatic rings. The van der Waals surface area contributed by atoms with Crippen LogP contribution in [0.25, 0.3) is 10.9 Å². The Morgan fingerprint density at radius 3 is 2.80 bits per heavy atom. The van der Waals surface area contributed by atoms with Gasteiger partial charge in [0.05, 0.1) is 17.2 Å². The van der Waals surface area contributed by atoms with Gasteiger partial charge >= 0.3 is 0 Å². The molecule has 0 aliphatic rings. The number of aryl methyl sites for hydroxylation is 2. The number of hydrogen-bond donors (Lipinski definition) is 3. The molecule has 0 unspecified atom stereocenters. The Morgan fingerprint density at radius 2 is 2.08 bits per heavy atom. The Balaban J connectivity index is 1.58. The zero-order valence-electron chi connectivity index (χ0n) is 15.0. The first kappa shape index (κ1) is 17.5. The van der Waals surface area contributed by atoms with Crippen LogP contribution in [-0.2, 0) is 13.0 Å². The van der Waals surface area contributed by atoms with Gasteiger partial charge in [0.15, 0.2) is 5.96 Å². The Morgan fingerprint density at radius 1 is 1.24 bits per heavy atom. The van der Waals surface area contributed by atoms with E-state index in [1.807, 2.05) is 6.07 Å². The van der Waals surface area contributed by atoms with Crippen molar-refractivity contribution in [2.45, 2.75) is 33.7 Å². The molecule has 3 rings (SSSR count). The topological polar surface area (TPSA) is 65.1 Å². The maximum Gasteiger partial charge on any atom is 0.191 e. The van der Waals surface area contributed by atoms with E-state index in [-0.39, 0.29) is 0 Å². The van der Waals surface area contributed by atoms with Crippen LogP contribution in [0.2, 0.25) is 0 Å². The number of aromatic nitrogens is 2. The number of aliphatic imine (C=N–C) groups is 1. The number of hydrogen-bond acceptors (Lipinski definition) is 3. The van der Waals surface area contributed by atoms with Gasteiger partial charge in [0.25, 0.3) is 0 Å². The first-order chi connectivity index (χ1) is 12.2. The lowest BCUT2D eigenvalue weighted by atomic mass is 10.2. The summed E-state index contributed by atoms with van der Waals surface area (Å²) in [6, 6.07) is 10.4. The van der Waals surface area contributed by atoms with E-state index >= 15 is 0 Å². The zero-order chi connectivity index (χ0) is 17.6. The molecule has 5 nitrogen and oxygen atoms in total. The molecular weight excluding hydrogens is 330 g/mol. The molecule has 0 saturated heterocycles. The number of thiazole rings is 1. The third-order valence-corrected chi connectivity index (χ3v) is 5.17. The molecule has 0 radical (unpaired) electrons. The molecular formula is C19H25N5S. The van der Waals surface area contributed by atoms with Gasteiger partial charge in [-0.3, -0.25) is 0 Å². The van der Waals surface area contributed by atoms with Gasteiger partial charge in [0.2, 0.25) is 0 Å². The zero-order valence-corrected chi connectivity index (χ0v) is 15.8. The van der Waals surface area contributed by atoms with Crippen LogP contribution in [-0.4, -0.2) is 29.0 Å². The van der Waals surface area contributed by atoms with Gasteiger partial charge in [0, 0.05) is 35.6 Å². The average molecular weight is 356 g/mol. The summed E-state index contributed by atoms with van der Waals surface area (Å²) in [4.78, 5) is 14.0. The number of guanidine groups is 1. The maximum absolute atomic E-state index is 4.68. The van der Waals surface area contributed by atoms with Crippen LogP contribution in [0.1, 0.15) is 28.2 Å². The largest absolute Gasteiger partial charge is 0.357 e. The van der Waals surface area contributed by atoms with E-state index in [2.05, 4.69) is 70.6 Å². The quantitative estimate of drug-likeness (QED) is 0.468. The van der Waals surface area contributed by atoms with Gasteiger partial charge < -0.3 is 15.6 Å². The van der Waals surface area contributed by atoms with E-state index in [1.54, 1.807) is 11.3 Å². The normalized spacial score (nSPS) is 11.9. The summed E-state index contributed by atoms with van der Waals surface area (Å²) in [5.74, 6) is 0.839. The molecule has 0 amide bonds. The van der Waals surface area contributed by atoms with Gasteiger partial charge in [-0.1, -0.05) is 18.2 Å². The second kappa shape index (κ2) is 8.16. The Kier molecular flexibility index (Phi) is 5.71. The van der Waals surface area contributed by atoms with Crippen molar-refractivity contribution in [3.63, 3.8) is 0 Å². The molecule has 2 heterocycles. The highest BCUT2D eigenvalue weighted by molar-refractivity contribution is 7.11. The molecule has 2 aromatic heterocycles. The molecule has 132 valence electrons. The predicted octanol–water partition coefficient (Wildman–Crippen LogP) is 3.54. The number of nitrogens with zero attached hydrogens (tertiary/aromatic N) is 2. The van der Waals surface area contributed by atoms with E-state index in [4.69, 9.17) is 0 Å². The number of benzene rings is 1. The van der Waals surface area contributed by atoms with Gasteiger partial charge in [0.1, 0.15) is 0 Å². The van der Waals surface area contributed by atoms with E-state index in [0.29, 0.717) is 6.54 Å². The van der Waals surface area contributed by atoms with Crippen molar-refractivity contribution in [3.8, 4) is 0 Å². The number of para-hydroxylation sites is 1. The summed E-state index contributed by atoms with van der Waals surface area (Å²) in [6.45, 7) is 8.55. The minimum atomic E-state index is 0.624. The monoisotopic (exact) mass is 355 g/mol. The van der Waals surface area contributed by atoms with E-state index < -0.39 is 0 Å². The van der Waals surface area contributed by atoms with Crippen molar-refractivity contribution in [2.24, 2.45) is 4.99 Å². The number of aromatic amines is 1. The van der Waals surface area contributed by atoms with E-state index in [9.17, 15) is 0 Å². The van der Waals surface area contributed by atoms with Gasteiger partial charge in [-0.2, -0.15) is 0 Å². The van der Waals surface area contributed by atoms with Crippen molar-refractivity contribution in [3.05, 3.63) is 51.6 Å². The number of rotatable bonds is 6. The van der Waals surface area contributed by atoms with Crippen molar-refractivity contribution < 1.29 is 0 Å². The minimum absolute atomic E-state index is 0.624. The fraction of sp³-hybridized carbons (Fsp3) is 0.368. The molecule has 0 aliphatic carbocycles. The second-order valence-corrected chi connectivity index (χ2v) is 7.29. The van der Waals surface area contributed by atoms with Gasteiger partial charge in [-0.05, 0) is 38.3 Å². The van der Waals surface area contributed by atoms with Crippen LogP contribution in [0.5, 0.6) is 0 Å². The SMILES string of the molecule is CCNC(=NCc1cc2ccccc2[nH]1)NCCc1nc(C)c(C)s1. The van der Waals surface area contributed by atoms with Crippen LogP contribution in [0.4, 0.5) is 0 Å². The number of H-pyrrole nitrogens is 1. The number of fused-ring (bicyclic) bond motifs is 1. The Bertz CT molecular complexity index is 809. The Hall–Kier alpha value is -2.34. The lowest BCUT2D eigenvalue weighted by Crippen LogP contribution is -2.38. The van der Waals surface area contributed by atoms with Crippen molar-refractivity contribution in [1.82, 2.24) is 20.6 Å². The summed E-state index contributed by atoms with van der Waals surface area (Å²) >= 11 is 1.78. The lowest BCUT2D eigenvalue weighted by Gasteiger charge is -2.10. The van der Waals surface area contributed by atoms with Crippen molar-refractivity contribution >= 4 is 28.2 Å². The molecule has 0 saturated carbocycles. The Labute approximate surface area is 152 Å². The van der Waals surface area contributed by atoms with Crippen LogP contribution in [0.15, 0.2) is 35.3 Å². The summed E-state index contributed by atoms with van der Waals surface area (Å²) in [7, 11) is 0. The van der Waals surface area contributed by atoms with Crippen LogP contribution in [0.3, 0.4) is 0 Å². The summed E-state index contributed by atoms with van der Waals surface area (Å²) < 4.78 is 0. The van der Waals surface area contributed by atoms with E-state index in [1.165, 1.54) is 15.3 Å². The van der Waals surface area contributed by atoms with Gasteiger partial charge in [-0.15, -0.1) is 11.3 Å².